The first-order valence-electron chi connectivity index (χ1n) is 6.33. The minimum Gasteiger partial charge on any atom is -0.493 e. The lowest BCUT2D eigenvalue weighted by Gasteiger charge is -2.15. The van der Waals surface area contributed by atoms with Crippen LogP contribution in [-0.2, 0) is 19.1 Å². The van der Waals surface area contributed by atoms with Crippen LogP contribution in [0, 0.1) is 6.92 Å². The van der Waals surface area contributed by atoms with Crippen molar-refractivity contribution in [3.05, 3.63) is 45.4 Å². The van der Waals surface area contributed by atoms with Gasteiger partial charge in [0.05, 0.1) is 23.4 Å². The molecule has 0 atom stereocenters. The smallest absolute Gasteiger partial charge is 0.419 e. The maximum Gasteiger partial charge on any atom is 0.419 e. The molecule has 21 heavy (non-hydrogen) atoms. The van der Waals surface area contributed by atoms with E-state index >= 15 is 0 Å². The Hall–Kier alpha value is -1.60. The fraction of sp³-hybridized carbons (Fsp3) is 0.357. The van der Waals surface area contributed by atoms with Crippen molar-refractivity contribution in [2.24, 2.45) is 5.73 Å². The van der Waals surface area contributed by atoms with Gasteiger partial charge in [0.25, 0.3) is 0 Å². The Labute approximate surface area is 124 Å². The molecule has 1 aromatic heterocycles. The number of ether oxygens (including phenoxy) is 1. The van der Waals surface area contributed by atoms with Crippen molar-refractivity contribution in [3.63, 3.8) is 0 Å². The van der Waals surface area contributed by atoms with E-state index in [0.29, 0.717) is 12.0 Å². The first-order chi connectivity index (χ1) is 9.91. The van der Waals surface area contributed by atoms with Crippen LogP contribution in [-0.4, -0.2) is 11.6 Å². The lowest BCUT2D eigenvalue weighted by molar-refractivity contribution is -0.139. The normalized spacial score (nSPS) is 11.7. The van der Waals surface area contributed by atoms with Gasteiger partial charge in [0.2, 0.25) is 0 Å². The third kappa shape index (κ3) is 3.95. The zero-order valence-corrected chi connectivity index (χ0v) is 12.2. The molecular weight excluding hydrogens is 301 g/mol. The van der Waals surface area contributed by atoms with Gasteiger partial charge in [-0.25, -0.2) is 4.98 Å². The fourth-order valence-corrected chi connectivity index (χ4v) is 2.63. The van der Waals surface area contributed by atoms with Crippen molar-refractivity contribution in [2.75, 3.05) is 6.61 Å². The van der Waals surface area contributed by atoms with Crippen LogP contribution in [0.5, 0.6) is 5.75 Å². The number of alkyl halides is 3. The van der Waals surface area contributed by atoms with Gasteiger partial charge in [0.15, 0.2) is 0 Å². The maximum absolute atomic E-state index is 13.0. The molecule has 0 aliphatic heterocycles. The number of aromatic nitrogens is 1. The Morgan fingerprint density at radius 3 is 2.67 bits per heavy atom. The summed E-state index contributed by atoms with van der Waals surface area (Å²) in [7, 11) is 0. The van der Waals surface area contributed by atoms with Crippen molar-refractivity contribution in [2.45, 2.75) is 26.1 Å². The minimum absolute atomic E-state index is 0.0589. The number of nitrogens with two attached hydrogens (primary N) is 1. The van der Waals surface area contributed by atoms with E-state index in [2.05, 4.69) is 4.98 Å². The summed E-state index contributed by atoms with van der Waals surface area (Å²) in [4.78, 5) is 5.11. The Balaban J connectivity index is 2.10. The molecule has 0 unspecified atom stereocenters. The van der Waals surface area contributed by atoms with Crippen molar-refractivity contribution in [1.29, 1.82) is 0 Å². The van der Waals surface area contributed by atoms with Crippen LogP contribution >= 0.6 is 11.3 Å². The lowest BCUT2D eigenvalue weighted by Crippen LogP contribution is -2.11. The van der Waals surface area contributed by atoms with Crippen molar-refractivity contribution >= 4 is 11.3 Å². The number of thiazole rings is 1. The number of benzene rings is 1. The molecule has 0 saturated carbocycles. The second-order valence-electron chi connectivity index (χ2n) is 4.49. The molecule has 0 spiro atoms. The molecule has 2 aromatic rings. The van der Waals surface area contributed by atoms with Gasteiger partial charge in [0.1, 0.15) is 5.75 Å². The molecule has 3 nitrogen and oxygen atoms in total. The van der Waals surface area contributed by atoms with Gasteiger partial charge in [0, 0.05) is 17.8 Å². The molecule has 0 fully saturated rings. The number of halogens is 3. The van der Waals surface area contributed by atoms with Crippen LogP contribution in [0.2, 0.25) is 0 Å². The van der Waals surface area contributed by atoms with Crippen LogP contribution in [0.15, 0.2) is 23.7 Å². The second kappa shape index (κ2) is 6.44. The monoisotopic (exact) mass is 316 g/mol. The van der Waals surface area contributed by atoms with Crippen molar-refractivity contribution in [1.82, 2.24) is 4.98 Å². The molecule has 0 amide bonds. The summed E-state index contributed by atoms with van der Waals surface area (Å²) >= 11 is 1.47. The van der Waals surface area contributed by atoms with E-state index in [0.717, 1.165) is 16.6 Å². The van der Waals surface area contributed by atoms with Gasteiger partial charge in [-0.05, 0) is 24.6 Å². The SMILES string of the molecule is Cc1ncsc1CCOc1ccc(CN)cc1C(F)(F)F. The number of hydrogen-bond acceptors (Lipinski definition) is 4. The van der Waals surface area contributed by atoms with Gasteiger partial charge in [-0.1, -0.05) is 6.07 Å². The summed E-state index contributed by atoms with van der Waals surface area (Å²) in [6.45, 7) is 2.10. The third-order valence-electron chi connectivity index (χ3n) is 3.02. The Morgan fingerprint density at radius 2 is 2.10 bits per heavy atom. The summed E-state index contributed by atoms with van der Waals surface area (Å²) in [5.74, 6) is -0.165. The highest BCUT2D eigenvalue weighted by Gasteiger charge is 2.34. The van der Waals surface area contributed by atoms with E-state index in [1.54, 1.807) is 11.6 Å². The Kier molecular flexibility index (Phi) is 4.84. The Morgan fingerprint density at radius 1 is 1.33 bits per heavy atom. The summed E-state index contributed by atoms with van der Waals surface area (Å²) in [6, 6.07) is 3.90. The topological polar surface area (TPSA) is 48.1 Å². The summed E-state index contributed by atoms with van der Waals surface area (Å²) < 4.78 is 44.3. The summed E-state index contributed by atoms with van der Waals surface area (Å²) in [5, 5.41) is 0. The molecule has 114 valence electrons. The molecule has 0 aliphatic rings. The highest BCUT2D eigenvalue weighted by Crippen LogP contribution is 2.36. The zero-order chi connectivity index (χ0) is 15.5. The van der Waals surface area contributed by atoms with E-state index in [1.165, 1.54) is 17.4 Å². The van der Waals surface area contributed by atoms with E-state index in [-0.39, 0.29) is 18.9 Å². The Bertz CT molecular complexity index is 611. The molecule has 1 heterocycles. The molecule has 2 rings (SSSR count). The van der Waals surface area contributed by atoms with Crippen LogP contribution in [0.3, 0.4) is 0 Å². The van der Waals surface area contributed by atoms with Crippen LogP contribution in [0.1, 0.15) is 21.7 Å². The van der Waals surface area contributed by atoms with Gasteiger partial charge < -0.3 is 10.5 Å². The quantitative estimate of drug-likeness (QED) is 0.917. The predicted octanol–water partition coefficient (Wildman–Crippen LogP) is 3.55. The molecular formula is C14H15F3N2OS. The standard InChI is InChI=1S/C14H15F3N2OS/c1-9-13(21-8-19-9)4-5-20-12-3-2-10(7-18)6-11(12)14(15,16)17/h2-3,6,8H,4-5,7,18H2,1H3. The van der Waals surface area contributed by atoms with Crippen LogP contribution < -0.4 is 10.5 Å². The molecule has 1 aromatic carbocycles. The molecule has 7 heteroatoms. The van der Waals surface area contributed by atoms with Gasteiger partial charge in [-0.2, -0.15) is 13.2 Å². The number of nitrogens with zero attached hydrogens (tertiary/aromatic N) is 1. The molecule has 0 aliphatic carbocycles. The number of rotatable bonds is 5. The lowest BCUT2D eigenvalue weighted by atomic mass is 10.1. The van der Waals surface area contributed by atoms with Crippen LogP contribution in [0.4, 0.5) is 13.2 Å². The zero-order valence-electron chi connectivity index (χ0n) is 11.4. The van der Waals surface area contributed by atoms with Crippen molar-refractivity contribution < 1.29 is 17.9 Å². The average molecular weight is 316 g/mol. The first-order valence-corrected chi connectivity index (χ1v) is 7.21. The third-order valence-corrected chi connectivity index (χ3v) is 4.01. The minimum atomic E-state index is -4.46. The molecule has 2 N–H and O–H groups in total. The van der Waals surface area contributed by atoms with E-state index in [1.807, 2.05) is 6.92 Å². The molecule has 0 bridgehead atoms. The highest BCUT2D eigenvalue weighted by molar-refractivity contribution is 7.09. The maximum atomic E-state index is 13.0. The van der Waals surface area contributed by atoms with Gasteiger partial charge >= 0.3 is 6.18 Å². The van der Waals surface area contributed by atoms with E-state index in [9.17, 15) is 13.2 Å². The number of hydrogen-bond donors (Lipinski definition) is 1. The van der Waals surface area contributed by atoms with Crippen molar-refractivity contribution in [3.8, 4) is 5.75 Å². The van der Waals surface area contributed by atoms with Gasteiger partial charge in [-0.3, -0.25) is 0 Å². The molecule has 0 radical (unpaired) electrons. The molecule has 0 saturated heterocycles. The second-order valence-corrected chi connectivity index (χ2v) is 5.43. The summed E-state index contributed by atoms with van der Waals surface area (Å²) in [6.07, 6.45) is -3.92. The average Bonchev–Trinajstić information content (AvgIpc) is 2.83. The van der Waals surface area contributed by atoms with Crippen LogP contribution in [0.25, 0.3) is 0 Å². The predicted molar refractivity (Wildman–Crippen MR) is 75.4 cm³/mol. The van der Waals surface area contributed by atoms with E-state index in [4.69, 9.17) is 10.5 Å². The fourth-order valence-electron chi connectivity index (χ4n) is 1.87. The number of aryl methyl sites for hydroxylation is 1. The summed E-state index contributed by atoms with van der Waals surface area (Å²) in [5.41, 5.74) is 7.61. The first kappa shape index (κ1) is 15.8. The highest BCUT2D eigenvalue weighted by atomic mass is 32.1. The van der Waals surface area contributed by atoms with E-state index < -0.39 is 11.7 Å². The largest absolute Gasteiger partial charge is 0.493 e. The van der Waals surface area contributed by atoms with Gasteiger partial charge in [-0.15, -0.1) is 11.3 Å².